The maximum atomic E-state index is 13.6. The summed E-state index contributed by atoms with van der Waals surface area (Å²) in [7, 11) is -3.92. The van der Waals surface area contributed by atoms with Crippen molar-refractivity contribution in [3.63, 3.8) is 0 Å². The van der Waals surface area contributed by atoms with Crippen molar-refractivity contribution >= 4 is 37.6 Å². The number of rotatable bonds is 5. The summed E-state index contributed by atoms with van der Waals surface area (Å²) in [5.74, 6) is -0.689. The molecule has 0 aliphatic heterocycles. The fourth-order valence-corrected chi connectivity index (χ4v) is 3.47. The van der Waals surface area contributed by atoms with Gasteiger partial charge in [0.2, 0.25) is 10.0 Å². The summed E-state index contributed by atoms with van der Waals surface area (Å²) in [5.41, 5.74) is -0.792. The number of hydrogen-bond acceptors (Lipinski definition) is 2. The van der Waals surface area contributed by atoms with E-state index in [1.165, 1.54) is 12.1 Å². The van der Waals surface area contributed by atoms with Crippen LogP contribution in [0.3, 0.4) is 0 Å². The first kappa shape index (κ1) is 15.9. The topological polar surface area (TPSA) is 46.2 Å². The average Bonchev–Trinajstić information content (AvgIpc) is 2.27. The van der Waals surface area contributed by atoms with E-state index in [0.29, 0.717) is 10.9 Å². The van der Waals surface area contributed by atoms with Gasteiger partial charge in [0.15, 0.2) is 0 Å². The Morgan fingerprint density at radius 1 is 1.50 bits per heavy atom. The maximum Gasteiger partial charge on any atom is 0.244 e. The Morgan fingerprint density at radius 3 is 2.56 bits per heavy atom. The highest BCUT2D eigenvalue weighted by Gasteiger charge is 2.29. The van der Waals surface area contributed by atoms with E-state index in [1.807, 2.05) is 6.92 Å². The predicted molar refractivity (Wildman–Crippen MR) is 73.8 cm³/mol. The van der Waals surface area contributed by atoms with Crippen LogP contribution in [0.1, 0.15) is 20.3 Å². The molecule has 0 fully saturated rings. The van der Waals surface area contributed by atoms with Crippen LogP contribution in [0.15, 0.2) is 27.6 Å². The molecule has 0 aromatic heterocycles. The van der Waals surface area contributed by atoms with E-state index in [0.717, 1.165) is 6.07 Å². The first-order chi connectivity index (χ1) is 8.24. The van der Waals surface area contributed by atoms with Gasteiger partial charge in [-0.15, -0.1) is 11.6 Å². The van der Waals surface area contributed by atoms with Crippen LogP contribution in [0.5, 0.6) is 0 Å². The lowest BCUT2D eigenvalue weighted by Gasteiger charge is -2.26. The molecule has 3 nitrogen and oxygen atoms in total. The lowest BCUT2D eigenvalue weighted by molar-refractivity contribution is 0.442. The molecular formula is C11H14BrClFNO2S. The van der Waals surface area contributed by atoms with Gasteiger partial charge in [0, 0.05) is 15.9 Å². The molecule has 1 unspecified atom stereocenters. The Morgan fingerprint density at radius 2 is 2.11 bits per heavy atom. The van der Waals surface area contributed by atoms with Crippen molar-refractivity contribution in [2.45, 2.75) is 30.7 Å². The van der Waals surface area contributed by atoms with Crippen LogP contribution < -0.4 is 4.72 Å². The standard InChI is InChI=1S/C11H14BrClFNO2S/c1-3-11(2,7-13)15-18(16,17)10-5-4-8(12)6-9(10)14/h4-6,15H,3,7H2,1-2H3. The van der Waals surface area contributed by atoms with Crippen molar-refractivity contribution in [3.05, 3.63) is 28.5 Å². The van der Waals surface area contributed by atoms with E-state index >= 15 is 0 Å². The van der Waals surface area contributed by atoms with Crippen molar-refractivity contribution < 1.29 is 12.8 Å². The highest BCUT2D eigenvalue weighted by atomic mass is 79.9. The number of benzene rings is 1. The molecule has 0 heterocycles. The molecule has 1 atom stereocenters. The quantitative estimate of drug-likeness (QED) is 0.821. The van der Waals surface area contributed by atoms with Crippen molar-refractivity contribution in [2.75, 3.05) is 5.88 Å². The van der Waals surface area contributed by atoms with Gasteiger partial charge in [0.25, 0.3) is 0 Å². The molecule has 18 heavy (non-hydrogen) atoms. The van der Waals surface area contributed by atoms with Crippen molar-refractivity contribution in [2.24, 2.45) is 0 Å². The molecule has 0 aliphatic rings. The van der Waals surface area contributed by atoms with Crippen LogP contribution in [-0.4, -0.2) is 19.8 Å². The zero-order chi connectivity index (χ0) is 14.0. The summed E-state index contributed by atoms with van der Waals surface area (Å²) in [4.78, 5) is -0.379. The van der Waals surface area contributed by atoms with Gasteiger partial charge in [-0.05, 0) is 31.5 Å². The molecule has 0 saturated carbocycles. The van der Waals surface area contributed by atoms with Gasteiger partial charge in [0.1, 0.15) is 10.7 Å². The first-order valence-electron chi connectivity index (χ1n) is 5.29. The normalized spacial score (nSPS) is 15.4. The molecule has 1 rings (SSSR count). The van der Waals surface area contributed by atoms with E-state index in [2.05, 4.69) is 20.7 Å². The maximum absolute atomic E-state index is 13.6. The molecular weight excluding hydrogens is 345 g/mol. The first-order valence-corrected chi connectivity index (χ1v) is 8.10. The largest absolute Gasteiger partial charge is 0.244 e. The van der Waals surface area contributed by atoms with E-state index < -0.39 is 21.4 Å². The Bertz CT molecular complexity index is 532. The van der Waals surface area contributed by atoms with Gasteiger partial charge in [0.05, 0.1) is 0 Å². The van der Waals surface area contributed by atoms with Crippen LogP contribution in [0, 0.1) is 5.82 Å². The SMILES string of the molecule is CCC(C)(CCl)NS(=O)(=O)c1ccc(Br)cc1F. The van der Waals surface area contributed by atoms with Gasteiger partial charge < -0.3 is 0 Å². The molecule has 1 aromatic carbocycles. The third-order valence-electron chi connectivity index (χ3n) is 2.64. The van der Waals surface area contributed by atoms with Crippen molar-refractivity contribution in [3.8, 4) is 0 Å². The second-order valence-electron chi connectivity index (χ2n) is 4.23. The number of sulfonamides is 1. The fraction of sp³-hybridized carbons (Fsp3) is 0.455. The number of alkyl halides is 1. The zero-order valence-electron chi connectivity index (χ0n) is 10.0. The lowest BCUT2D eigenvalue weighted by atomic mass is 10.0. The third kappa shape index (κ3) is 3.66. The Hall–Kier alpha value is -0.170. The summed E-state index contributed by atoms with van der Waals surface area (Å²) in [6, 6.07) is 3.80. The van der Waals surface area contributed by atoms with Gasteiger partial charge in [-0.3, -0.25) is 0 Å². The van der Waals surface area contributed by atoms with Crippen LogP contribution >= 0.6 is 27.5 Å². The van der Waals surface area contributed by atoms with Crippen LogP contribution in [0.2, 0.25) is 0 Å². The smallest absolute Gasteiger partial charge is 0.207 e. The molecule has 1 aromatic rings. The number of halogens is 3. The molecule has 7 heteroatoms. The molecule has 0 amide bonds. The Kier molecular flexibility index (Phi) is 5.17. The summed E-state index contributed by atoms with van der Waals surface area (Å²) in [5, 5.41) is 0. The molecule has 1 N–H and O–H groups in total. The summed E-state index contributed by atoms with van der Waals surface area (Å²) in [6.07, 6.45) is 0.508. The second kappa shape index (κ2) is 5.86. The van der Waals surface area contributed by atoms with Gasteiger partial charge in [-0.1, -0.05) is 22.9 Å². The number of hydrogen-bond donors (Lipinski definition) is 1. The Balaban J connectivity index is 3.15. The van der Waals surface area contributed by atoms with E-state index in [1.54, 1.807) is 6.92 Å². The van der Waals surface area contributed by atoms with Crippen molar-refractivity contribution in [1.29, 1.82) is 0 Å². The predicted octanol–water partition coefficient (Wildman–Crippen LogP) is 3.27. The Labute approximate surface area is 120 Å². The van der Waals surface area contributed by atoms with Gasteiger partial charge in [-0.2, -0.15) is 0 Å². The lowest BCUT2D eigenvalue weighted by Crippen LogP contribution is -2.47. The van der Waals surface area contributed by atoms with E-state index in [-0.39, 0.29) is 10.8 Å². The summed E-state index contributed by atoms with van der Waals surface area (Å²) < 4.78 is 40.7. The van der Waals surface area contributed by atoms with Crippen LogP contribution in [0.25, 0.3) is 0 Å². The molecule has 0 radical (unpaired) electrons. The fourth-order valence-electron chi connectivity index (χ4n) is 1.27. The summed E-state index contributed by atoms with van der Waals surface area (Å²) >= 11 is 8.81. The number of nitrogens with one attached hydrogen (secondary N) is 1. The molecule has 0 saturated heterocycles. The molecule has 0 spiro atoms. The minimum atomic E-state index is -3.92. The zero-order valence-corrected chi connectivity index (χ0v) is 13.2. The van der Waals surface area contributed by atoms with Gasteiger partial charge >= 0.3 is 0 Å². The van der Waals surface area contributed by atoms with Gasteiger partial charge in [-0.25, -0.2) is 17.5 Å². The second-order valence-corrected chi connectivity index (χ2v) is 7.06. The minimum Gasteiger partial charge on any atom is -0.207 e. The van der Waals surface area contributed by atoms with E-state index in [4.69, 9.17) is 11.6 Å². The molecule has 0 bridgehead atoms. The highest BCUT2D eigenvalue weighted by Crippen LogP contribution is 2.22. The summed E-state index contributed by atoms with van der Waals surface area (Å²) in [6.45, 7) is 3.48. The average molecular weight is 359 g/mol. The molecule has 102 valence electrons. The van der Waals surface area contributed by atoms with Crippen LogP contribution in [-0.2, 0) is 10.0 Å². The third-order valence-corrected chi connectivity index (χ3v) is 5.39. The van der Waals surface area contributed by atoms with Crippen molar-refractivity contribution in [1.82, 2.24) is 4.72 Å². The monoisotopic (exact) mass is 357 g/mol. The van der Waals surface area contributed by atoms with E-state index in [9.17, 15) is 12.8 Å². The highest BCUT2D eigenvalue weighted by molar-refractivity contribution is 9.10. The minimum absolute atomic E-state index is 0.112. The van der Waals surface area contributed by atoms with Crippen LogP contribution in [0.4, 0.5) is 4.39 Å². The molecule has 0 aliphatic carbocycles.